The molecule has 0 bridgehead atoms. The number of rotatable bonds is 5. The molecule has 3 amide bonds. The van der Waals surface area contributed by atoms with Gasteiger partial charge in [0.15, 0.2) is 0 Å². The first-order chi connectivity index (χ1) is 17.9. The van der Waals surface area contributed by atoms with Gasteiger partial charge < -0.3 is 29.7 Å². The van der Waals surface area contributed by atoms with Gasteiger partial charge in [0.25, 0.3) is 0 Å². The number of carbonyl (C=O) groups excluding carboxylic acids is 4. The van der Waals surface area contributed by atoms with Crippen molar-refractivity contribution in [3.63, 3.8) is 0 Å². The van der Waals surface area contributed by atoms with Crippen LogP contribution >= 0.6 is 0 Å². The minimum absolute atomic E-state index is 0.155. The second kappa shape index (κ2) is 12.5. The van der Waals surface area contributed by atoms with E-state index in [4.69, 9.17) is 14.2 Å². The number of nitrogens with zero attached hydrogens (tertiary/aromatic N) is 1. The molecule has 1 saturated carbocycles. The van der Waals surface area contributed by atoms with Crippen LogP contribution in [0.4, 0.5) is 4.79 Å². The number of hydrogen-bond acceptors (Lipinski definition) is 7. The fourth-order valence-electron chi connectivity index (χ4n) is 5.33. The van der Waals surface area contributed by atoms with Crippen LogP contribution < -0.4 is 10.6 Å². The van der Waals surface area contributed by atoms with Crippen LogP contribution in [0.25, 0.3) is 0 Å². The second-order valence-electron chi connectivity index (χ2n) is 11.7. The zero-order valence-electron chi connectivity index (χ0n) is 23.7. The number of alkyl carbamates (subject to hydrolysis) is 1. The van der Waals surface area contributed by atoms with Gasteiger partial charge in [-0.2, -0.15) is 0 Å². The van der Waals surface area contributed by atoms with Crippen LogP contribution in [-0.4, -0.2) is 77.9 Å². The number of fused-ring (bicyclic) bond motifs is 2. The molecule has 214 valence electrons. The van der Waals surface area contributed by atoms with Crippen LogP contribution in [0, 0.1) is 11.8 Å². The summed E-state index contributed by atoms with van der Waals surface area (Å²) in [5, 5.41) is 5.70. The summed E-state index contributed by atoms with van der Waals surface area (Å²) in [5.41, 5.74) is -1.84. The highest BCUT2D eigenvalue weighted by Crippen LogP contribution is 2.46. The highest BCUT2D eigenvalue weighted by atomic mass is 16.6. The molecular formula is C28H45N3O7. The minimum atomic E-state index is -1.13. The van der Waals surface area contributed by atoms with Crippen molar-refractivity contribution in [1.82, 2.24) is 15.5 Å². The van der Waals surface area contributed by atoms with Crippen molar-refractivity contribution in [2.24, 2.45) is 11.8 Å². The van der Waals surface area contributed by atoms with Crippen LogP contribution in [0.5, 0.6) is 0 Å². The van der Waals surface area contributed by atoms with Crippen molar-refractivity contribution in [1.29, 1.82) is 0 Å². The average Bonchev–Trinajstić information content (AvgIpc) is 3.34. The van der Waals surface area contributed by atoms with Gasteiger partial charge in [0.2, 0.25) is 11.8 Å². The molecule has 2 heterocycles. The summed E-state index contributed by atoms with van der Waals surface area (Å²) >= 11 is 0. The van der Waals surface area contributed by atoms with E-state index in [1.54, 1.807) is 27.7 Å². The molecule has 2 aliphatic heterocycles. The predicted molar refractivity (Wildman–Crippen MR) is 141 cm³/mol. The maximum atomic E-state index is 13.9. The number of ether oxygens (including phenoxy) is 3. The highest BCUT2D eigenvalue weighted by molar-refractivity contribution is 5.96. The molecular weight excluding hydrogens is 490 g/mol. The molecule has 0 aromatic rings. The lowest BCUT2D eigenvalue weighted by molar-refractivity contribution is -0.150. The Balaban J connectivity index is 1.91. The van der Waals surface area contributed by atoms with Crippen molar-refractivity contribution in [2.45, 2.75) is 109 Å². The molecule has 1 saturated heterocycles. The lowest BCUT2D eigenvalue weighted by Gasteiger charge is -2.30. The standard InChI is InChI=1S/C28H45N3O7/c1-7-36-20-15-22-23(32)30-28(25(34)37-8-2)16-19(28)13-9-11-18(3)12-10-14-21(24(33)31(22)17-20)29-26(35)38-27(4,5)6/h9,13,18-22H,7-8,10-12,14-17H2,1-6H3,(H,29,35)(H,30,32)/b13-9-/t18?,19-,20-,21+,22+,28-/m1/s1. The van der Waals surface area contributed by atoms with Crippen molar-refractivity contribution < 1.29 is 33.4 Å². The van der Waals surface area contributed by atoms with Crippen LogP contribution in [-0.2, 0) is 28.6 Å². The molecule has 10 nitrogen and oxygen atoms in total. The molecule has 2 fully saturated rings. The molecule has 6 atom stereocenters. The summed E-state index contributed by atoms with van der Waals surface area (Å²) < 4.78 is 16.5. The van der Waals surface area contributed by atoms with Crippen molar-refractivity contribution in [2.75, 3.05) is 19.8 Å². The van der Waals surface area contributed by atoms with E-state index in [1.807, 2.05) is 13.0 Å². The monoisotopic (exact) mass is 535 g/mol. The maximum Gasteiger partial charge on any atom is 0.408 e. The Kier molecular flexibility index (Phi) is 9.84. The number of allylic oxidation sites excluding steroid dienone is 1. The SMILES string of the molecule is CCOC(=O)[C@@]12C[C@H]1/C=C\CC(C)CCC[C@H](NC(=O)OC(C)(C)C)C(=O)N1C[C@H](OCC)C[C@H]1C(=O)N2. The van der Waals surface area contributed by atoms with Crippen molar-refractivity contribution in [3.05, 3.63) is 12.2 Å². The van der Waals surface area contributed by atoms with E-state index in [0.29, 0.717) is 31.8 Å². The molecule has 0 aromatic carbocycles. The highest BCUT2D eigenvalue weighted by Gasteiger charge is 2.62. The van der Waals surface area contributed by atoms with Gasteiger partial charge in [-0.15, -0.1) is 0 Å². The third kappa shape index (κ3) is 7.48. The number of nitrogens with one attached hydrogen (secondary N) is 2. The fourth-order valence-corrected chi connectivity index (χ4v) is 5.33. The molecule has 0 spiro atoms. The quantitative estimate of drug-likeness (QED) is 0.410. The van der Waals surface area contributed by atoms with Crippen molar-refractivity contribution in [3.8, 4) is 0 Å². The molecule has 10 heteroatoms. The Bertz CT molecular complexity index is 915. The molecule has 0 aromatic heterocycles. The van der Waals surface area contributed by atoms with E-state index >= 15 is 0 Å². The first-order valence-electron chi connectivity index (χ1n) is 14.0. The zero-order valence-corrected chi connectivity index (χ0v) is 23.7. The Morgan fingerprint density at radius 1 is 1.18 bits per heavy atom. The molecule has 1 unspecified atom stereocenters. The first kappa shape index (κ1) is 29.9. The Hall–Kier alpha value is -2.62. The summed E-state index contributed by atoms with van der Waals surface area (Å²) in [5.74, 6) is -1.03. The second-order valence-corrected chi connectivity index (χ2v) is 11.7. The van der Waals surface area contributed by atoms with Crippen LogP contribution in [0.1, 0.15) is 80.1 Å². The summed E-state index contributed by atoms with van der Waals surface area (Å²) in [4.78, 5) is 54.6. The molecule has 3 rings (SSSR count). The zero-order chi connectivity index (χ0) is 28.1. The normalized spacial score (nSPS) is 33.1. The third-order valence-corrected chi connectivity index (χ3v) is 7.34. The Morgan fingerprint density at radius 3 is 2.58 bits per heavy atom. The number of esters is 1. The molecule has 0 radical (unpaired) electrons. The van der Waals surface area contributed by atoms with Gasteiger partial charge in [0.1, 0.15) is 23.2 Å². The Labute approximate surface area is 226 Å². The molecule has 2 N–H and O–H groups in total. The summed E-state index contributed by atoms with van der Waals surface area (Å²) in [6.45, 7) is 11.9. The maximum absolute atomic E-state index is 13.9. The lowest BCUT2D eigenvalue weighted by atomic mass is 9.97. The van der Waals surface area contributed by atoms with E-state index in [2.05, 4.69) is 23.6 Å². The van der Waals surface area contributed by atoms with Crippen molar-refractivity contribution >= 4 is 23.9 Å². The van der Waals surface area contributed by atoms with E-state index in [-0.39, 0.29) is 31.1 Å². The van der Waals surface area contributed by atoms with Crippen LogP contribution in [0.15, 0.2) is 12.2 Å². The summed E-state index contributed by atoms with van der Waals surface area (Å²) in [6.07, 6.45) is 6.65. The topological polar surface area (TPSA) is 123 Å². The van der Waals surface area contributed by atoms with E-state index in [9.17, 15) is 19.2 Å². The van der Waals surface area contributed by atoms with E-state index < -0.39 is 41.2 Å². The largest absolute Gasteiger partial charge is 0.464 e. The Morgan fingerprint density at radius 2 is 1.92 bits per heavy atom. The van der Waals surface area contributed by atoms with E-state index in [1.165, 1.54) is 4.90 Å². The molecule has 38 heavy (non-hydrogen) atoms. The van der Waals surface area contributed by atoms with Gasteiger partial charge in [-0.05, 0) is 59.8 Å². The van der Waals surface area contributed by atoms with Gasteiger partial charge in [0, 0.05) is 25.5 Å². The van der Waals surface area contributed by atoms with Gasteiger partial charge in [-0.3, -0.25) is 9.59 Å². The van der Waals surface area contributed by atoms with Gasteiger partial charge in [-0.1, -0.05) is 31.9 Å². The number of amides is 3. The van der Waals surface area contributed by atoms with Gasteiger partial charge in [-0.25, -0.2) is 9.59 Å². The number of carbonyl (C=O) groups is 4. The van der Waals surface area contributed by atoms with Gasteiger partial charge >= 0.3 is 12.1 Å². The van der Waals surface area contributed by atoms with Gasteiger partial charge in [0.05, 0.1) is 12.7 Å². The summed E-state index contributed by atoms with van der Waals surface area (Å²) in [6, 6.07) is -1.68. The fraction of sp³-hybridized carbons (Fsp3) is 0.786. The minimum Gasteiger partial charge on any atom is -0.464 e. The predicted octanol–water partition coefficient (Wildman–Crippen LogP) is 3.09. The smallest absolute Gasteiger partial charge is 0.408 e. The first-order valence-corrected chi connectivity index (χ1v) is 14.0. The van der Waals surface area contributed by atoms with Crippen LogP contribution in [0.2, 0.25) is 0 Å². The third-order valence-electron chi connectivity index (χ3n) is 7.34. The average molecular weight is 536 g/mol. The number of hydrogen-bond donors (Lipinski definition) is 2. The van der Waals surface area contributed by atoms with E-state index in [0.717, 1.165) is 19.3 Å². The summed E-state index contributed by atoms with van der Waals surface area (Å²) in [7, 11) is 0. The molecule has 1 aliphatic carbocycles. The van der Waals surface area contributed by atoms with Crippen LogP contribution in [0.3, 0.4) is 0 Å². The molecule has 3 aliphatic rings. The lowest BCUT2D eigenvalue weighted by Crippen LogP contribution is -2.56.